The molecule has 2 aromatic rings. The first-order chi connectivity index (χ1) is 11.5. The highest BCUT2D eigenvalue weighted by Crippen LogP contribution is 2.24. The lowest BCUT2D eigenvalue weighted by atomic mass is 9.84. The van der Waals surface area contributed by atoms with Crippen molar-refractivity contribution in [3.05, 3.63) is 34.2 Å². The summed E-state index contributed by atoms with van der Waals surface area (Å²) in [5.74, 6) is 0.00888. The van der Waals surface area contributed by atoms with E-state index in [0.29, 0.717) is 18.1 Å². The topological polar surface area (TPSA) is 108 Å². The predicted molar refractivity (Wildman–Crippen MR) is 89.8 cm³/mol. The molecule has 1 aliphatic rings. The summed E-state index contributed by atoms with van der Waals surface area (Å²) in [6.07, 6.45) is 0. The van der Waals surface area contributed by atoms with Crippen LogP contribution in [0.15, 0.2) is 32.5 Å². The highest BCUT2D eigenvalue weighted by atomic mass is 79.9. The number of halogens is 2. The molecule has 0 aliphatic carbocycles. The maximum absolute atomic E-state index is 13.3. The molecule has 0 radical (unpaired) electrons. The third-order valence-corrected chi connectivity index (χ3v) is 4.39. The molecule has 2 heterocycles. The molecule has 0 atom stereocenters. The van der Waals surface area contributed by atoms with Gasteiger partial charge in [0.05, 0.1) is 4.47 Å². The van der Waals surface area contributed by atoms with Gasteiger partial charge < -0.3 is 21.2 Å². The molecule has 0 amide bonds. The number of aromatic nitrogens is 2. The maximum Gasteiger partial charge on any atom is 0.203 e. The molecule has 0 unspecified atom stereocenters. The van der Waals surface area contributed by atoms with Gasteiger partial charge in [0.15, 0.2) is 5.69 Å². The molecule has 128 valence electrons. The summed E-state index contributed by atoms with van der Waals surface area (Å²) in [5.41, 5.74) is 0.871. The first-order valence-electron chi connectivity index (χ1n) is 7.22. The third kappa shape index (κ3) is 3.49. The largest absolute Gasteiger partial charge is 0.409 e. The fraction of sp³-hybridized carbons (Fsp3) is 0.357. The van der Waals surface area contributed by atoms with Crippen LogP contribution in [0.1, 0.15) is 12.6 Å². The second kappa shape index (κ2) is 6.73. The number of anilines is 2. The number of oxime groups is 1. The number of hydrogen-bond donors (Lipinski definition) is 4. The highest BCUT2D eigenvalue weighted by molar-refractivity contribution is 9.10. The standard InChI is InChI=1S/C14H16BrFN6O2/c1-14(5-17-6-14)7-18-12-11(21-24-22-12)13(20-23)19-8-2-3-10(16)9(15)4-8/h2-4,17,23H,5-7H2,1H3,(H,18,22)(H,19,20). The first kappa shape index (κ1) is 16.7. The Labute approximate surface area is 145 Å². The SMILES string of the molecule is CC1(CNc2nonc2/C(=N/O)Nc2ccc(F)c(Br)c2)CNC1. The second-order valence-corrected chi connectivity index (χ2v) is 6.79. The summed E-state index contributed by atoms with van der Waals surface area (Å²) in [4.78, 5) is 0. The Morgan fingerprint density at radius 2 is 2.29 bits per heavy atom. The quantitative estimate of drug-likeness (QED) is 0.264. The van der Waals surface area contributed by atoms with Crippen LogP contribution in [0.3, 0.4) is 0 Å². The average molecular weight is 399 g/mol. The highest BCUT2D eigenvalue weighted by Gasteiger charge is 2.32. The van der Waals surface area contributed by atoms with Gasteiger partial charge in [0.2, 0.25) is 11.7 Å². The lowest BCUT2D eigenvalue weighted by molar-refractivity contribution is 0.214. The smallest absolute Gasteiger partial charge is 0.203 e. The fourth-order valence-corrected chi connectivity index (χ4v) is 2.65. The van der Waals surface area contributed by atoms with Crippen molar-refractivity contribution in [1.29, 1.82) is 0 Å². The Kier molecular flexibility index (Phi) is 4.67. The van der Waals surface area contributed by atoms with Crippen LogP contribution in [0.2, 0.25) is 0 Å². The van der Waals surface area contributed by atoms with E-state index < -0.39 is 5.82 Å². The van der Waals surface area contributed by atoms with Crippen LogP contribution < -0.4 is 16.0 Å². The van der Waals surface area contributed by atoms with Crippen LogP contribution in [0.4, 0.5) is 15.9 Å². The van der Waals surface area contributed by atoms with Gasteiger partial charge in [-0.05, 0) is 44.4 Å². The molecule has 24 heavy (non-hydrogen) atoms. The van der Waals surface area contributed by atoms with E-state index in [0.717, 1.165) is 13.1 Å². The maximum atomic E-state index is 13.3. The lowest BCUT2D eigenvalue weighted by Gasteiger charge is -2.39. The summed E-state index contributed by atoms with van der Waals surface area (Å²) in [6, 6.07) is 4.31. The summed E-state index contributed by atoms with van der Waals surface area (Å²) in [5, 5.41) is 29.3. The Morgan fingerprint density at radius 1 is 1.50 bits per heavy atom. The average Bonchev–Trinajstić information content (AvgIpc) is 3.00. The van der Waals surface area contributed by atoms with Crippen molar-refractivity contribution < 1.29 is 14.2 Å². The zero-order chi connectivity index (χ0) is 17.2. The zero-order valence-electron chi connectivity index (χ0n) is 12.8. The monoisotopic (exact) mass is 398 g/mol. The van der Waals surface area contributed by atoms with Crippen LogP contribution >= 0.6 is 15.9 Å². The van der Waals surface area contributed by atoms with Crippen molar-refractivity contribution in [3.8, 4) is 0 Å². The molecule has 4 N–H and O–H groups in total. The number of amidine groups is 1. The van der Waals surface area contributed by atoms with Crippen LogP contribution in [0.5, 0.6) is 0 Å². The van der Waals surface area contributed by atoms with E-state index in [4.69, 9.17) is 4.63 Å². The number of nitrogens with zero attached hydrogens (tertiary/aromatic N) is 3. The molecule has 0 spiro atoms. The van der Waals surface area contributed by atoms with Gasteiger partial charge >= 0.3 is 0 Å². The molecule has 3 rings (SSSR count). The Bertz CT molecular complexity index is 761. The normalized spacial score (nSPS) is 16.5. The minimum atomic E-state index is -0.393. The predicted octanol–water partition coefficient (Wildman–Crippen LogP) is 2.24. The minimum absolute atomic E-state index is 0.0362. The fourth-order valence-electron chi connectivity index (χ4n) is 2.28. The van der Waals surface area contributed by atoms with Gasteiger partial charge in [-0.25, -0.2) is 9.02 Å². The second-order valence-electron chi connectivity index (χ2n) is 5.93. The molecule has 0 saturated carbocycles. The van der Waals surface area contributed by atoms with E-state index in [1.807, 2.05) is 0 Å². The van der Waals surface area contributed by atoms with Gasteiger partial charge in [-0.3, -0.25) is 0 Å². The van der Waals surface area contributed by atoms with E-state index >= 15 is 0 Å². The van der Waals surface area contributed by atoms with Crippen molar-refractivity contribution >= 4 is 33.3 Å². The van der Waals surface area contributed by atoms with E-state index in [9.17, 15) is 9.60 Å². The van der Waals surface area contributed by atoms with Crippen LogP contribution in [-0.2, 0) is 0 Å². The van der Waals surface area contributed by atoms with Crippen molar-refractivity contribution in [2.75, 3.05) is 30.3 Å². The van der Waals surface area contributed by atoms with Crippen LogP contribution in [0, 0.1) is 11.2 Å². The van der Waals surface area contributed by atoms with Gasteiger partial charge in [-0.15, -0.1) is 0 Å². The number of nitrogens with one attached hydrogen (secondary N) is 3. The molecule has 1 fully saturated rings. The lowest BCUT2D eigenvalue weighted by Crippen LogP contribution is -2.55. The van der Waals surface area contributed by atoms with Gasteiger partial charge in [0.1, 0.15) is 5.82 Å². The molecule has 10 heteroatoms. The molecule has 1 saturated heterocycles. The van der Waals surface area contributed by atoms with Crippen LogP contribution in [-0.4, -0.2) is 41.0 Å². The molecule has 1 aliphatic heterocycles. The van der Waals surface area contributed by atoms with Gasteiger partial charge in [0, 0.05) is 30.7 Å². The summed E-state index contributed by atoms with van der Waals surface area (Å²) in [7, 11) is 0. The van der Waals surface area contributed by atoms with Gasteiger partial charge in [-0.2, -0.15) is 0 Å². The third-order valence-electron chi connectivity index (χ3n) is 3.78. The molecule has 8 nitrogen and oxygen atoms in total. The molecule has 0 bridgehead atoms. The van der Waals surface area contributed by atoms with E-state index in [1.54, 1.807) is 0 Å². The minimum Gasteiger partial charge on any atom is -0.409 e. The Hall–Kier alpha value is -2.20. The number of rotatable bonds is 5. The summed E-state index contributed by atoms with van der Waals surface area (Å²) >= 11 is 3.10. The van der Waals surface area contributed by atoms with Crippen molar-refractivity contribution in [2.24, 2.45) is 10.6 Å². The first-order valence-corrected chi connectivity index (χ1v) is 8.02. The molecular formula is C14H16BrFN6O2. The molecule has 1 aromatic heterocycles. The molecular weight excluding hydrogens is 383 g/mol. The van der Waals surface area contributed by atoms with Crippen molar-refractivity contribution in [1.82, 2.24) is 15.6 Å². The Balaban J connectivity index is 1.74. The molecule has 1 aromatic carbocycles. The summed E-state index contributed by atoms with van der Waals surface area (Å²) < 4.78 is 18.3. The van der Waals surface area contributed by atoms with E-state index in [1.165, 1.54) is 18.2 Å². The van der Waals surface area contributed by atoms with Crippen molar-refractivity contribution in [3.63, 3.8) is 0 Å². The van der Waals surface area contributed by atoms with E-state index in [2.05, 4.69) is 54.3 Å². The van der Waals surface area contributed by atoms with Crippen LogP contribution in [0.25, 0.3) is 0 Å². The van der Waals surface area contributed by atoms with Gasteiger partial charge in [0.25, 0.3) is 0 Å². The van der Waals surface area contributed by atoms with E-state index in [-0.39, 0.29) is 21.4 Å². The number of benzene rings is 1. The summed E-state index contributed by atoms with van der Waals surface area (Å²) in [6.45, 7) is 4.62. The zero-order valence-corrected chi connectivity index (χ0v) is 14.4. The Morgan fingerprint density at radius 3 is 2.92 bits per heavy atom. The number of hydrogen-bond acceptors (Lipinski definition) is 7. The van der Waals surface area contributed by atoms with Gasteiger partial charge in [-0.1, -0.05) is 12.1 Å². The van der Waals surface area contributed by atoms with Crippen molar-refractivity contribution in [2.45, 2.75) is 6.92 Å².